The summed E-state index contributed by atoms with van der Waals surface area (Å²) in [7, 11) is 1.53. The van der Waals surface area contributed by atoms with E-state index in [1.165, 1.54) is 7.11 Å². The van der Waals surface area contributed by atoms with Crippen LogP contribution in [0.2, 0.25) is 0 Å². The van der Waals surface area contributed by atoms with Crippen LogP contribution >= 0.6 is 0 Å². The second-order valence-corrected chi connectivity index (χ2v) is 4.11. The third-order valence-corrected chi connectivity index (χ3v) is 2.96. The summed E-state index contributed by atoms with van der Waals surface area (Å²) >= 11 is 0. The summed E-state index contributed by atoms with van der Waals surface area (Å²) in [6.07, 6.45) is -4.39. The molecule has 98 valence electrons. The van der Waals surface area contributed by atoms with Crippen LogP contribution in [-0.2, 0) is 17.8 Å². The molecule has 1 amide bonds. The van der Waals surface area contributed by atoms with E-state index in [2.05, 4.69) is 0 Å². The van der Waals surface area contributed by atoms with Crippen LogP contribution in [0.3, 0.4) is 0 Å². The molecule has 0 radical (unpaired) electrons. The minimum atomic E-state index is -4.80. The van der Waals surface area contributed by atoms with Gasteiger partial charge in [0.1, 0.15) is 5.75 Å². The zero-order chi connectivity index (χ0) is 13.3. The molecule has 1 aromatic carbocycles. The molecule has 0 aromatic heterocycles. The van der Waals surface area contributed by atoms with Gasteiger partial charge in [0.25, 0.3) is 0 Å². The Morgan fingerprint density at radius 3 is 2.67 bits per heavy atom. The SMILES string of the molecule is COc1ccc2c(c1)CCN(C(=O)C(F)(F)F)C2. The maximum absolute atomic E-state index is 12.3. The van der Waals surface area contributed by atoms with Gasteiger partial charge in [-0.2, -0.15) is 13.2 Å². The lowest BCUT2D eigenvalue weighted by Gasteiger charge is -2.29. The lowest BCUT2D eigenvalue weighted by molar-refractivity contribution is -0.186. The summed E-state index contributed by atoms with van der Waals surface area (Å²) in [5.41, 5.74) is 1.67. The van der Waals surface area contributed by atoms with Crippen LogP contribution in [0.25, 0.3) is 0 Å². The Kier molecular flexibility index (Phi) is 3.19. The van der Waals surface area contributed by atoms with Crippen LogP contribution in [0.4, 0.5) is 13.2 Å². The number of rotatable bonds is 1. The Morgan fingerprint density at radius 2 is 2.06 bits per heavy atom. The first-order valence-corrected chi connectivity index (χ1v) is 5.43. The maximum Gasteiger partial charge on any atom is 0.471 e. The monoisotopic (exact) mass is 259 g/mol. The molecule has 0 N–H and O–H groups in total. The number of halogens is 3. The van der Waals surface area contributed by atoms with E-state index in [9.17, 15) is 18.0 Å². The maximum atomic E-state index is 12.3. The number of hydrogen-bond donors (Lipinski definition) is 0. The first-order valence-electron chi connectivity index (χ1n) is 5.43. The number of hydrogen-bond acceptors (Lipinski definition) is 2. The number of amides is 1. The van der Waals surface area contributed by atoms with Crippen molar-refractivity contribution in [2.75, 3.05) is 13.7 Å². The summed E-state index contributed by atoms with van der Waals surface area (Å²) in [6, 6.07) is 5.18. The number of alkyl halides is 3. The van der Waals surface area contributed by atoms with Crippen molar-refractivity contribution in [2.24, 2.45) is 0 Å². The molecule has 1 aliphatic heterocycles. The van der Waals surface area contributed by atoms with Crippen LogP contribution < -0.4 is 4.74 Å². The van der Waals surface area contributed by atoms with Crippen molar-refractivity contribution in [3.05, 3.63) is 29.3 Å². The fourth-order valence-electron chi connectivity index (χ4n) is 2.01. The normalized spacial score (nSPS) is 15.2. The Bertz CT molecular complexity index is 471. The molecule has 0 aliphatic carbocycles. The van der Waals surface area contributed by atoms with E-state index >= 15 is 0 Å². The van der Waals surface area contributed by atoms with Gasteiger partial charge in [0.15, 0.2) is 0 Å². The van der Waals surface area contributed by atoms with Gasteiger partial charge in [-0.3, -0.25) is 4.79 Å². The number of nitrogens with zero attached hydrogens (tertiary/aromatic N) is 1. The minimum Gasteiger partial charge on any atom is -0.497 e. The third-order valence-electron chi connectivity index (χ3n) is 2.96. The number of benzene rings is 1. The molecule has 3 nitrogen and oxygen atoms in total. The van der Waals surface area contributed by atoms with Crippen LogP contribution in [0.15, 0.2) is 18.2 Å². The van der Waals surface area contributed by atoms with Crippen molar-refractivity contribution in [3.63, 3.8) is 0 Å². The van der Waals surface area contributed by atoms with Crippen molar-refractivity contribution in [3.8, 4) is 5.75 Å². The molecule has 6 heteroatoms. The van der Waals surface area contributed by atoms with Gasteiger partial charge in [0, 0.05) is 13.1 Å². The molecule has 18 heavy (non-hydrogen) atoms. The fraction of sp³-hybridized carbons (Fsp3) is 0.417. The summed E-state index contributed by atoms with van der Waals surface area (Å²) in [5, 5.41) is 0. The number of methoxy groups -OCH3 is 1. The van der Waals surface area contributed by atoms with Gasteiger partial charge in [-0.25, -0.2) is 0 Å². The van der Waals surface area contributed by atoms with E-state index in [1.807, 2.05) is 0 Å². The highest BCUT2D eigenvalue weighted by Gasteiger charge is 2.43. The molecular weight excluding hydrogens is 247 g/mol. The van der Waals surface area contributed by atoms with Crippen LogP contribution in [0.1, 0.15) is 11.1 Å². The molecular formula is C12H12F3NO2. The highest BCUT2D eigenvalue weighted by atomic mass is 19.4. The molecule has 2 rings (SSSR count). The van der Waals surface area contributed by atoms with E-state index in [0.29, 0.717) is 12.2 Å². The number of ether oxygens (including phenoxy) is 1. The van der Waals surface area contributed by atoms with E-state index in [0.717, 1.165) is 16.0 Å². The van der Waals surface area contributed by atoms with Gasteiger partial charge in [0.2, 0.25) is 0 Å². The molecule has 1 heterocycles. The fourth-order valence-corrected chi connectivity index (χ4v) is 2.01. The van der Waals surface area contributed by atoms with Crippen molar-refractivity contribution in [2.45, 2.75) is 19.1 Å². The molecule has 1 aliphatic rings. The van der Waals surface area contributed by atoms with E-state index in [1.54, 1.807) is 18.2 Å². The molecule has 1 aromatic rings. The summed E-state index contributed by atoms with van der Waals surface area (Å²) in [6.45, 7) is 0.0795. The largest absolute Gasteiger partial charge is 0.497 e. The number of carbonyl (C=O) groups excluding carboxylic acids is 1. The molecule has 0 bridgehead atoms. The molecule has 0 spiro atoms. The van der Waals surface area contributed by atoms with Crippen molar-refractivity contribution in [1.29, 1.82) is 0 Å². The molecule has 0 saturated heterocycles. The molecule has 0 saturated carbocycles. The standard InChI is InChI=1S/C12H12F3NO2/c1-18-10-3-2-9-7-16(5-4-8(9)6-10)11(17)12(13,14)15/h2-3,6H,4-5,7H2,1H3. The van der Waals surface area contributed by atoms with E-state index in [-0.39, 0.29) is 13.1 Å². The Hall–Kier alpha value is -1.72. The van der Waals surface area contributed by atoms with Gasteiger partial charge in [-0.1, -0.05) is 6.07 Å². The summed E-state index contributed by atoms with van der Waals surface area (Å²) < 4.78 is 42.0. The molecule has 0 fully saturated rings. The topological polar surface area (TPSA) is 29.5 Å². The van der Waals surface area contributed by atoms with Gasteiger partial charge in [-0.15, -0.1) is 0 Å². The number of fused-ring (bicyclic) bond motifs is 1. The van der Waals surface area contributed by atoms with Gasteiger partial charge >= 0.3 is 12.1 Å². The van der Waals surface area contributed by atoms with E-state index in [4.69, 9.17) is 4.74 Å². The van der Waals surface area contributed by atoms with Gasteiger partial charge < -0.3 is 9.64 Å². The van der Waals surface area contributed by atoms with E-state index < -0.39 is 12.1 Å². The third kappa shape index (κ3) is 2.42. The zero-order valence-corrected chi connectivity index (χ0v) is 9.75. The minimum absolute atomic E-state index is 0.00231. The quantitative estimate of drug-likeness (QED) is 0.773. The molecule has 0 atom stereocenters. The second-order valence-electron chi connectivity index (χ2n) is 4.11. The first-order chi connectivity index (χ1) is 8.41. The zero-order valence-electron chi connectivity index (χ0n) is 9.75. The highest BCUT2D eigenvalue weighted by Crippen LogP contribution is 2.27. The van der Waals surface area contributed by atoms with Crippen LogP contribution in [-0.4, -0.2) is 30.6 Å². The second kappa shape index (κ2) is 4.51. The predicted octanol–water partition coefficient (Wildman–Crippen LogP) is 2.14. The van der Waals surface area contributed by atoms with Gasteiger partial charge in [0.05, 0.1) is 7.11 Å². The van der Waals surface area contributed by atoms with Crippen molar-refractivity contribution < 1.29 is 22.7 Å². The predicted molar refractivity (Wildman–Crippen MR) is 58.2 cm³/mol. The van der Waals surface area contributed by atoms with Crippen molar-refractivity contribution in [1.82, 2.24) is 4.90 Å². The lowest BCUT2D eigenvalue weighted by Crippen LogP contribution is -2.43. The Labute approximate surface area is 102 Å². The lowest BCUT2D eigenvalue weighted by atomic mass is 9.99. The van der Waals surface area contributed by atoms with Crippen molar-refractivity contribution >= 4 is 5.91 Å². The Balaban J connectivity index is 2.18. The average Bonchev–Trinajstić information content (AvgIpc) is 2.35. The summed E-state index contributed by atoms with van der Waals surface area (Å²) in [4.78, 5) is 12.0. The molecule has 0 unspecified atom stereocenters. The van der Waals surface area contributed by atoms with Crippen LogP contribution in [0, 0.1) is 0 Å². The number of carbonyl (C=O) groups is 1. The average molecular weight is 259 g/mol. The summed E-state index contributed by atoms with van der Waals surface area (Å²) in [5.74, 6) is -1.10. The van der Waals surface area contributed by atoms with Gasteiger partial charge in [-0.05, 0) is 29.7 Å². The first kappa shape index (κ1) is 12.7. The smallest absolute Gasteiger partial charge is 0.471 e. The van der Waals surface area contributed by atoms with Crippen LogP contribution in [0.5, 0.6) is 5.75 Å². The highest BCUT2D eigenvalue weighted by molar-refractivity contribution is 5.82. The Morgan fingerprint density at radius 1 is 1.33 bits per heavy atom.